The third-order valence-corrected chi connectivity index (χ3v) is 4.36. The molecule has 2 unspecified atom stereocenters. The maximum Gasteiger partial charge on any atom is 0.105 e. The monoisotopic (exact) mass is 243 g/mol. The fraction of sp³-hybridized carbons (Fsp3) is 1.00. The summed E-state index contributed by atoms with van der Waals surface area (Å²) in [6, 6.07) is 0.526. The van der Waals surface area contributed by atoms with E-state index in [4.69, 9.17) is 9.47 Å². The maximum atomic E-state index is 10.4. The van der Waals surface area contributed by atoms with Gasteiger partial charge in [0.2, 0.25) is 0 Å². The molecule has 0 aromatic carbocycles. The lowest BCUT2D eigenvalue weighted by Gasteiger charge is -2.32. The molecule has 0 aromatic heterocycles. The quantitative estimate of drug-likeness (QED) is 0.775. The minimum absolute atomic E-state index is 0.0506. The molecule has 1 saturated heterocycles. The van der Waals surface area contributed by atoms with Crippen molar-refractivity contribution in [3.8, 4) is 0 Å². The Balaban J connectivity index is 1.72. The Morgan fingerprint density at radius 3 is 2.59 bits per heavy atom. The Morgan fingerprint density at radius 2 is 2.06 bits per heavy atom. The molecule has 1 saturated carbocycles. The second kappa shape index (κ2) is 5.65. The molecule has 17 heavy (non-hydrogen) atoms. The van der Waals surface area contributed by atoms with Crippen LogP contribution in [0, 0.1) is 0 Å². The Bertz CT molecular complexity index is 241. The number of ether oxygens (including phenoxy) is 2. The van der Waals surface area contributed by atoms with Crippen LogP contribution in [0.25, 0.3) is 0 Å². The molecule has 0 spiro atoms. The summed E-state index contributed by atoms with van der Waals surface area (Å²) in [5.41, 5.74) is -0.669. The van der Waals surface area contributed by atoms with Gasteiger partial charge in [-0.1, -0.05) is 0 Å². The lowest BCUT2D eigenvalue weighted by Crippen LogP contribution is -2.49. The molecule has 2 atom stereocenters. The predicted octanol–water partition coefficient (Wildman–Crippen LogP) is 1.07. The van der Waals surface area contributed by atoms with Gasteiger partial charge in [0.05, 0.1) is 12.2 Å². The first-order valence-corrected chi connectivity index (χ1v) is 6.74. The van der Waals surface area contributed by atoms with Crippen molar-refractivity contribution in [2.45, 2.75) is 62.9 Å². The SMILES string of the molecule is COC1CCC(NCC2(O)CCOC2C)CC1. The first kappa shape index (κ1) is 13.3. The van der Waals surface area contributed by atoms with E-state index < -0.39 is 5.60 Å². The molecular formula is C13H25NO3. The van der Waals surface area contributed by atoms with Gasteiger partial charge in [-0.15, -0.1) is 0 Å². The van der Waals surface area contributed by atoms with Crippen LogP contribution < -0.4 is 5.32 Å². The molecule has 2 fully saturated rings. The van der Waals surface area contributed by atoms with Crippen LogP contribution in [-0.2, 0) is 9.47 Å². The number of methoxy groups -OCH3 is 1. The van der Waals surface area contributed by atoms with Crippen LogP contribution in [-0.4, -0.2) is 49.2 Å². The number of nitrogens with one attached hydrogen (secondary N) is 1. The highest BCUT2D eigenvalue weighted by Gasteiger charge is 2.39. The highest BCUT2D eigenvalue weighted by atomic mass is 16.5. The standard InChI is InChI=1S/C13H25NO3/c1-10-13(15,7-8-17-10)9-14-11-3-5-12(16-2)6-4-11/h10-12,14-15H,3-9H2,1-2H3. The van der Waals surface area contributed by atoms with E-state index in [0.29, 0.717) is 25.3 Å². The molecule has 1 aliphatic heterocycles. The minimum atomic E-state index is -0.669. The summed E-state index contributed by atoms with van der Waals surface area (Å²) < 4.78 is 10.8. The Morgan fingerprint density at radius 1 is 1.35 bits per heavy atom. The summed E-state index contributed by atoms with van der Waals surface area (Å²) in [5.74, 6) is 0. The van der Waals surface area contributed by atoms with E-state index >= 15 is 0 Å². The summed E-state index contributed by atoms with van der Waals surface area (Å²) in [4.78, 5) is 0. The van der Waals surface area contributed by atoms with Gasteiger partial charge in [0.1, 0.15) is 5.60 Å². The molecule has 4 nitrogen and oxygen atoms in total. The van der Waals surface area contributed by atoms with E-state index in [9.17, 15) is 5.11 Å². The van der Waals surface area contributed by atoms with E-state index in [1.165, 1.54) is 0 Å². The van der Waals surface area contributed by atoms with Gasteiger partial charge in [0.25, 0.3) is 0 Å². The average Bonchev–Trinajstić information content (AvgIpc) is 2.68. The van der Waals surface area contributed by atoms with Crippen molar-refractivity contribution in [3.05, 3.63) is 0 Å². The van der Waals surface area contributed by atoms with Gasteiger partial charge >= 0.3 is 0 Å². The van der Waals surface area contributed by atoms with Gasteiger partial charge in [-0.3, -0.25) is 0 Å². The largest absolute Gasteiger partial charge is 0.386 e. The maximum absolute atomic E-state index is 10.4. The van der Waals surface area contributed by atoms with E-state index in [2.05, 4.69) is 5.32 Å². The van der Waals surface area contributed by atoms with Crippen molar-refractivity contribution in [2.24, 2.45) is 0 Å². The highest BCUT2D eigenvalue weighted by Crippen LogP contribution is 2.26. The smallest absolute Gasteiger partial charge is 0.105 e. The van der Waals surface area contributed by atoms with Crippen LogP contribution in [0.1, 0.15) is 39.0 Å². The first-order chi connectivity index (χ1) is 8.14. The van der Waals surface area contributed by atoms with Crippen molar-refractivity contribution >= 4 is 0 Å². The fourth-order valence-electron chi connectivity index (χ4n) is 2.83. The van der Waals surface area contributed by atoms with E-state index in [1.807, 2.05) is 6.92 Å². The molecule has 0 amide bonds. The second-order valence-corrected chi connectivity index (χ2v) is 5.46. The van der Waals surface area contributed by atoms with Crippen LogP contribution in [0.2, 0.25) is 0 Å². The van der Waals surface area contributed by atoms with Gasteiger partial charge in [0, 0.05) is 32.7 Å². The van der Waals surface area contributed by atoms with Gasteiger partial charge in [-0.2, -0.15) is 0 Å². The van der Waals surface area contributed by atoms with Crippen molar-refractivity contribution < 1.29 is 14.6 Å². The average molecular weight is 243 g/mol. The number of hydrogen-bond acceptors (Lipinski definition) is 4. The van der Waals surface area contributed by atoms with Crippen molar-refractivity contribution in [2.75, 3.05) is 20.3 Å². The normalized spacial score (nSPS) is 42.9. The summed E-state index contributed by atoms with van der Waals surface area (Å²) >= 11 is 0. The predicted molar refractivity (Wildman–Crippen MR) is 66.0 cm³/mol. The van der Waals surface area contributed by atoms with Gasteiger partial charge < -0.3 is 19.9 Å². The number of hydrogen-bond donors (Lipinski definition) is 2. The van der Waals surface area contributed by atoms with Gasteiger partial charge in [0.15, 0.2) is 0 Å². The third-order valence-electron chi connectivity index (χ3n) is 4.36. The fourth-order valence-corrected chi connectivity index (χ4v) is 2.83. The highest BCUT2D eigenvalue weighted by molar-refractivity contribution is 4.93. The van der Waals surface area contributed by atoms with Crippen molar-refractivity contribution in [3.63, 3.8) is 0 Å². The summed E-state index contributed by atoms with van der Waals surface area (Å²) in [6.45, 7) is 3.28. The lowest BCUT2D eigenvalue weighted by atomic mass is 9.91. The van der Waals surface area contributed by atoms with Crippen LogP contribution in [0.15, 0.2) is 0 Å². The number of rotatable bonds is 4. The lowest BCUT2D eigenvalue weighted by molar-refractivity contribution is -0.0295. The minimum Gasteiger partial charge on any atom is -0.386 e. The molecule has 2 rings (SSSR count). The first-order valence-electron chi connectivity index (χ1n) is 6.74. The van der Waals surface area contributed by atoms with Gasteiger partial charge in [-0.25, -0.2) is 0 Å². The van der Waals surface area contributed by atoms with Gasteiger partial charge in [-0.05, 0) is 32.6 Å². The van der Waals surface area contributed by atoms with E-state index in [1.54, 1.807) is 7.11 Å². The summed E-state index contributed by atoms with van der Waals surface area (Å²) in [6.07, 6.45) is 5.66. The topological polar surface area (TPSA) is 50.7 Å². The van der Waals surface area contributed by atoms with Crippen molar-refractivity contribution in [1.29, 1.82) is 0 Å². The molecule has 2 N–H and O–H groups in total. The molecule has 1 heterocycles. The van der Waals surface area contributed by atoms with Crippen LogP contribution in [0.5, 0.6) is 0 Å². The Kier molecular flexibility index (Phi) is 4.42. The summed E-state index contributed by atoms with van der Waals surface area (Å²) in [7, 11) is 1.79. The summed E-state index contributed by atoms with van der Waals surface area (Å²) in [5, 5.41) is 13.9. The Labute approximate surface area is 104 Å². The molecular weight excluding hydrogens is 218 g/mol. The van der Waals surface area contributed by atoms with Crippen molar-refractivity contribution in [1.82, 2.24) is 5.32 Å². The molecule has 2 aliphatic rings. The van der Waals surface area contributed by atoms with Crippen LogP contribution >= 0.6 is 0 Å². The molecule has 4 heteroatoms. The molecule has 0 radical (unpaired) electrons. The molecule has 1 aliphatic carbocycles. The zero-order chi connectivity index (χ0) is 12.3. The molecule has 0 bridgehead atoms. The van der Waals surface area contributed by atoms with E-state index in [-0.39, 0.29) is 6.10 Å². The van der Waals surface area contributed by atoms with Crippen LogP contribution in [0.3, 0.4) is 0 Å². The zero-order valence-corrected chi connectivity index (χ0v) is 10.9. The zero-order valence-electron chi connectivity index (χ0n) is 10.9. The van der Waals surface area contributed by atoms with Crippen LogP contribution in [0.4, 0.5) is 0 Å². The molecule has 0 aromatic rings. The number of aliphatic hydroxyl groups is 1. The third kappa shape index (κ3) is 3.19. The second-order valence-electron chi connectivity index (χ2n) is 5.46. The Hall–Kier alpha value is -0.160. The van der Waals surface area contributed by atoms with E-state index in [0.717, 1.165) is 32.1 Å². The molecule has 100 valence electrons.